The lowest BCUT2D eigenvalue weighted by molar-refractivity contribution is -0.110. The minimum Gasteiger partial charge on any atom is -0.497 e. The van der Waals surface area contributed by atoms with Gasteiger partial charge < -0.3 is 4.74 Å². The molecule has 1 heterocycles. The quantitative estimate of drug-likeness (QED) is 0.318. The van der Waals surface area contributed by atoms with Crippen molar-refractivity contribution in [3.8, 4) is 5.75 Å². The van der Waals surface area contributed by atoms with Crippen LogP contribution >= 0.6 is 23.4 Å². The lowest BCUT2D eigenvalue weighted by atomic mass is 10.1. The summed E-state index contributed by atoms with van der Waals surface area (Å²) in [5.74, 6) is 0.507. The summed E-state index contributed by atoms with van der Waals surface area (Å²) >= 11 is 7.20. The average molecular weight is 464 g/mol. The van der Waals surface area contributed by atoms with Gasteiger partial charge in [0.2, 0.25) is 0 Å². The lowest BCUT2D eigenvalue weighted by Gasteiger charge is -2.08. The van der Waals surface area contributed by atoms with E-state index in [9.17, 15) is 9.59 Å². The van der Waals surface area contributed by atoms with E-state index in [2.05, 4.69) is 0 Å². The number of rotatable bonds is 5. The summed E-state index contributed by atoms with van der Waals surface area (Å²) in [6.07, 6.45) is 0.203. The van der Waals surface area contributed by atoms with Crippen LogP contribution in [0.15, 0.2) is 71.6 Å². The number of methoxy groups -OCH3 is 1. The molecule has 0 bridgehead atoms. The SMILES string of the molecule is COc1ccc2c(c1)c(CC(=O)Sc1ccc(C)cc1)c(C)n2C(=O)c1ccc(Cl)cc1. The van der Waals surface area contributed by atoms with Crippen molar-refractivity contribution in [3.63, 3.8) is 0 Å². The van der Waals surface area contributed by atoms with Crippen LogP contribution in [0.4, 0.5) is 0 Å². The molecule has 0 amide bonds. The number of benzene rings is 3. The highest BCUT2D eigenvalue weighted by molar-refractivity contribution is 8.13. The van der Waals surface area contributed by atoms with Crippen molar-refractivity contribution in [3.05, 3.63) is 94.1 Å². The van der Waals surface area contributed by atoms with Gasteiger partial charge in [-0.3, -0.25) is 14.2 Å². The first-order valence-electron chi connectivity index (χ1n) is 10.1. The maximum atomic E-state index is 13.4. The highest BCUT2D eigenvalue weighted by Gasteiger charge is 2.22. The fraction of sp³-hybridized carbons (Fsp3) is 0.154. The molecule has 0 unspecified atom stereocenters. The number of carbonyl (C=O) groups is 2. The van der Waals surface area contributed by atoms with Crippen LogP contribution in [0.2, 0.25) is 5.02 Å². The van der Waals surface area contributed by atoms with Crippen LogP contribution in [-0.4, -0.2) is 22.7 Å². The van der Waals surface area contributed by atoms with E-state index in [0.29, 0.717) is 16.3 Å². The summed E-state index contributed by atoms with van der Waals surface area (Å²) in [6, 6.07) is 20.2. The van der Waals surface area contributed by atoms with E-state index in [-0.39, 0.29) is 17.4 Å². The first kappa shape index (κ1) is 22.2. The van der Waals surface area contributed by atoms with Crippen molar-refractivity contribution >= 4 is 45.3 Å². The fourth-order valence-corrected chi connectivity index (χ4v) is 4.59. The Morgan fingerprint density at radius 3 is 2.31 bits per heavy atom. The van der Waals surface area contributed by atoms with E-state index in [1.54, 1.807) is 35.9 Å². The van der Waals surface area contributed by atoms with Crippen LogP contribution < -0.4 is 4.74 Å². The number of fused-ring (bicyclic) bond motifs is 1. The Balaban J connectivity index is 1.75. The van der Waals surface area contributed by atoms with Crippen molar-refractivity contribution < 1.29 is 14.3 Å². The maximum Gasteiger partial charge on any atom is 0.262 e. The Hall–Kier alpha value is -3.02. The van der Waals surface area contributed by atoms with Gasteiger partial charge in [-0.05, 0) is 74.0 Å². The molecule has 3 aromatic carbocycles. The molecule has 4 rings (SSSR count). The number of hydrogen-bond acceptors (Lipinski definition) is 4. The van der Waals surface area contributed by atoms with Gasteiger partial charge in [-0.1, -0.05) is 41.1 Å². The second-order valence-corrected chi connectivity index (χ2v) is 9.13. The largest absolute Gasteiger partial charge is 0.497 e. The highest BCUT2D eigenvalue weighted by Crippen LogP contribution is 2.32. The van der Waals surface area contributed by atoms with E-state index in [1.165, 1.54) is 11.8 Å². The van der Waals surface area contributed by atoms with Gasteiger partial charge in [0.05, 0.1) is 12.6 Å². The number of aromatic nitrogens is 1. The van der Waals surface area contributed by atoms with E-state index in [1.807, 2.05) is 56.3 Å². The minimum atomic E-state index is -0.167. The minimum absolute atomic E-state index is 0.0118. The van der Waals surface area contributed by atoms with Crippen LogP contribution in [0.1, 0.15) is 27.2 Å². The Bertz CT molecular complexity index is 1310. The number of ether oxygens (including phenoxy) is 1. The first-order chi connectivity index (χ1) is 15.4. The molecule has 0 saturated heterocycles. The summed E-state index contributed by atoms with van der Waals surface area (Å²) in [4.78, 5) is 27.2. The smallest absolute Gasteiger partial charge is 0.262 e. The number of hydrogen-bond donors (Lipinski definition) is 0. The predicted octanol–water partition coefficient (Wildman–Crippen LogP) is 6.47. The van der Waals surface area contributed by atoms with Crippen LogP contribution in [0, 0.1) is 13.8 Å². The van der Waals surface area contributed by atoms with Crippen molar-refractivity contribution in [1.82, 2.24) is 4.57 Å². The summed E-state index contributed by atoms with van der Waals surface area (Å²) in [6.45, 7) is 3.89. The lowest BCUT2D eigenvalue weighted by Crippen LogP contribution is -2.14. The molecule has 0 radical (unpaired) electrons. The maximum absolute atomic E-state index is 13.4. The molecular weight excluding hydrogens is 442 g/mol. The average Bonchev–Trinajstić information content (AvgIpc) is 3.06. The monoisotopic (exact) mass is 463 g/mol. The molecule has 0 aliphatic heterocycles. The summed E-state index contributed by atoms with van der Waals surface area (Å²) in [5.41, 5.74) is 3.98. The third kappa shape index (κ3) is 4.45. The highest BCUT2D eigenvalue weighted by atomic mass is 35.5. The molecule has 0 fully saturated rings. The van der Waals surface area contributed by atoms with Gasteiger partial charge in [0.25, 0.3) is 5.91 Å². The van der Waals surface area contributed by atoms with Crippen LogP contribution in [0.3, 0.4) is 0 Å². The molecule has 0 N–H and O–H groups in total. The van der Waals surface area contributed by atoms with Crippen LogP contribution in [0.5, 0.6) is 5.75 Å². The van der Waals surface area contributed by atoms with Gasteiger partial charge in [0, 0.05) is 33.0 Å². The number of thioether (sulfide) groups is 1. The molecule has 0 aliphatic rings. The Morgan fingerprint density at radius 2 is 1.66 bits per heavy atom. The van der Waals surface area contributed by atoms with E-state index >= 15 is 0 Å². The fourth-order valence-electron chi connectivity index (χ4n) is 3.71. The molecule has 0 atom stereocenters. The van der Waals surface area contributed by atoms with Gasteiger partial charge in [0.1, 0.15) is 5.75 Å². The standard InChI is InChI=1S/C26H22ClNO3S/c1-16-4-11-21(12-5-16)32-25(29)15-22-17(2)28(24-13-10-20(31-3)14-23(22)24)26(30)18-6-8-19(27)9-7-18/h4-14H,15H2,1-3H3. The van der Waals surface area contributed by atoms with Crippen molar-refractivity contribution in [2.24, 2.45) is 0 Å². The van der Waals surface area contributed by atoms with Crippen LogP contribution in [0.25, 0.3) is 10.9 Å². The zero-order chi connectivity index (χ0) is 22.8. The van der Waals surface area contributed by atoms with Gasteiger partial charge in [-0.25, -0.2) is 0 Å². The number of aryl methyl sites for hydroxylation is 1. The molecule has 4 nitrogen and oxygen atoms in total. The van der Waals surface area contributed by atoms with Crippen molar-refractivity contribution in [2.75, 3.05) is 7.11 Å². The molecule has 1 aromatic heterocycles. The molecule has 6 heteroatoms. The van der Waals surface area contributed by atoms with Crippen LogP contribution in [-0.2, 0) is 11.2 Å². The summed E-state index contributed by atoms with van der Waals surface area (Å²) in [5, 5.41) is 1.42. The molecule has 0 aliphatic carbocycles. The molecule has 0 saturated carbocycles. The van der Waals surface area contributed by atoms with E-state index in [0.717, 1.165) is 32.6 Å². The van der Waals surface area contributed by atoms with E-state index < -0.39 is 0 Å². The Kier molecular flexibility index (Phi) is 6.40. The third-order valence-corrected chi connectivity index (χ3v) is 6.54. The van der Waals surface area contributed by atoms with Crippen molar-refractivity contribution in [1.29, 1.82) is 0 Å². The normalized spacial score (nSPS) is 11.0. The molecule has 4 aromatic rings. The summed E-state index contributed by atoms with van der Waals surface area (Å²) in [7, 11) is 1.60. The second-order valence-electron chi connectivity index (χ2n) is 7.56. The van der Waals surface area contributed by atoms with Gasteiger partial charge in [-0.2, -0.15) is 0 Å². The number of carbonyl (C=O) groups excluding carboxylic acids is 2. The Labute approximate surface area is 196 Å². The van der Waals surface area contributed by atoms with E-state index in [4.69, 9.17) is 16.3 Å². The number of halogens is 1. The first-order valence-corrected chi connectivity index (χ1v) is 11.3. The van der Waals surface area contributed by atoms with Crippen molar-refractivity contribution in [2.45, 2.75) is 25.2 Å². The van der Waals surface area contributed by atoms with Gasteiger partial charge in [-0.15, -0.1) is 0 Å². The zero-order valence-corrected chi connectivity index (χ0v) is 19.6. The number of nitrogens with zero attached hydrogens (tertiary/aromatic N) is 1. The third-order valence-electron chi connectivity index (χ3n) is 5.41. The second kappa shape index (κ2) is 9.23. The summed E-state index contributed by atoms with van der Waals surface area (Å²) < 4.78 is 7.06. The topological polar surface area (TPSA) is 48.3 Å². The predicted molar refractivity (Wildman–Crippen MR) is 130 cm³/mol. The molecule has 32 heavy (non-hydrogen) atoms. The van der Waals surface area contributed by atoms with Gasteiger partial charge in [0.15, 0.2) is 5.12 Å². The zero-order valence-electron chi connectivity index (χ0n) is 18.0. The Morgan fingerprint density at radius 1 is 0.969 bits per heavy atom. The molecule has 162 valence electrons. The van der Waals surface area contributed by atoms with Gasteiger partial charge >= 0.3 is 0 Å². The molecular formula is C26H22ClNO3S. The molecule has 0 spiro atoms.